The molecule has 1 heterocycles. The van der Waals surface area contributed by atoms with Gasteiger partial charge >= 0.3 is 0 Å². The van der Waals surface area contributed by atoms with E-state index in [1.165, 1.54) is 0 Å². The third kappa shape index (κ3) is 8.27. The molecule has 0 N–H and O–H groups in total. The van der Waals surface area contributed by atoms with E-state index < -0.39 is 0 Å². The van der Waals surface area contributed by atoms with Crippen molar-refractivity contribution >= 4 is 0 Å². The van der Waals surface area contributed by atoms with Gasteiger partial charge < -0.3 is 23.7 Å². The number of ether oxygens (including phenoxy) is 5. The lowest BCUT2D eigenvalue weighted by Crippen LogP contribution is -2.53. The van der Waals surface area contributed by atoms with Crippen LogP contribution in [0.1, 0.15) is 37.0 Å². The summed E-state index contributed by atoms with van der Waals surface area (Å²) in [5, 5.41) is 0. The maximum Gasteiger partial charge on any atom is 0.161 e. The van der Waals surface area contributed by atoms with Gasteiger partial charge in [0.2, 0.25) is 0 Å². The molecular weight excluding hydrogens is 440 g/mol. The summed E-state index contributed by atoms with van der Waals surface area (Å²) >= 11 is 0. The Kier molecular flexibility index (Phi) is 9.87. The summed E-state index contributed by atoms with van der Waals surface area (Å²) in [4.78, 5) is 0. The molecule has 5 heteroatoms. The first-order valence-corrected chi connectivity index (χ1v) is 12.4. The molecule has 1 saturated heterocycles. The second kappa shape index (κ2) is 13.5. The SMILES string of the molecule is CC(C)O[C@@H]1C[C@@H](OCc2ccccc2)[C@@H](OCc2ccccc2)[C@@H](COCc2ccccc2)O1. The highest BCUT2D eigenvalue weighted by Crippen LogP contribution is 2.29. The highest BCUT2D eigenvalue weighted by Gasteiger charge is 2.41. The third-order valence-corrected chi connectivity index (χ3v) is 5.89. The van der Waals surface area contributed by atoms with Gasteiger partial charge in [0.15, 0.2) is 6.29 Å². The summed E-state index contributed by atoms with van der Waals surface area (Å²) in [6.07, 6.45) is -0.538. The summed E-state index contributed by atoms with van der Waals surface area (Å²) in [5.74, 6) is 0. The monoisotopic (exact) mass is 476 g/mol. The first-order chi connectivity index (χ1) is 17.2. The number of hydrogen-bond donors (Lipinski definition) is 0. The van der Waals surface area contributed by atoms with Crippen molar-refractivity contribution in [1.82, 2.24) is 0 Å². The molecule has 4 rings (SSSR count). The van der Waals surface area contributed by atoms with Crippen molar-refractivity contribution < 1.29 is 23.7 Å². The zero-order valence-electron chi connectivity index (χ0n) is 20.6. The van der Waals surface area contributed by atoms with E-state index >= 15 is 0 Å². The molecule has 1 fully saturated rings. The van der Waals surface area contributed by atoms with Crippen molar-refractivity contribution in [3.05, 3.63) is 108 Å². The molecule has 0 aromatic heterocycles. The summed E-state index contributed by atoms with van der Waals surface area (Å²) in [6, 6.07) is 30.5. The topological polar surface area (TPSA) is 46.2 Å². The van der Waals surface area contributed by atoms with Gasteiger partial charge in [-0.2, -0.15) is 0 Å². The summed E-state index contributed by atoms with van der Waals surface area (Å²) < 4.78 is 31.4. The van der Waals surface area contributed by atoms with Crippen LogP contribution in [-0.4, -0.2) is 37.3 Å². The standard InChI is InChI=1S/C30H36O5/c1-23(2)34-29-18-27(32-20-25-14-8-4-9-15-25)30(33-21-26-16-10-5-11-17-26)28(35-29)22-31-19-24-12-6-3-7-13-24/h3-17,23,27-30H,18-22H2,1-2H3/t27-,28-,29+,30-/m1/s1. The van der Waals surface area contributed by atoms with Crippen LogP contribution in [0.2, 0.25) is 0 Å². The van der Waals surface area contributed by atoms with E-state index in [0.717, 1.165) is 16.7 Å². The quantitative estimate of drug-likeness (QED) is 0.325. The molecule has 3 aromatic carbocycles. The van der Waals surface area contributed by atoms with Crippen LogP contribution >= 0.6 is 0 Å². The van der Waals surface area contributed by atoms with Crippen molar-refractivity contribution in [2.24, 2.45) is 0 Å². The van der Waals surface area contributed by atoms with Gasteiger partial charge in [0.05, 0.1) is 38.6 Å². The molecule has 0 spiro atoms. The van der Waals surface area contributed by atoms with Gasteiger partial charge in [0.25, 0.3) is 0 Å². The van der Waals surface area contributed by atoms with E-state index in [2.05, 4.69) is 36.4 Å². The van der Waals surface area contributed by atoms with Gasteiger partial charge in [-0.25, -0.2) is 0 Å². The fourth-order valence-corrected chi connectivity index (χ4v) is 4.21. The van der Waals surface area contributed by atoms with E-state index in [1.54, 1.807) is 0 Å². The van der Waals surface area contributed by atoms with Crippen LogP contribution in [0.5, 0.6) is 0 Å². The van der Waals surface area contributed by atoms with Gasteiger partial charge in [0, 0.05) is 6.42 Å². The Balaban J connectivity index is 1.47. The Morgan fingerprint density at radius 2 is 1.23 bits per heavy atom. The molecule has 3 aromatic rings. The molecule has 186 valence electrons. The molecular formula is C30H36O5. The first-order valence-electron chi connectivity index (χ1n) is 12.4. The zero-order valence-corrected chi connectivity index (χ0v) is 20.6. The third-order valence-electron chi connectivity index (χ3n) is 5.89. The van der Waals surface area contributed by atoms with Crippen LogP contribution in [0.4, 0.5) is 0 Å². The zero-order chi connectivity index (χ0) is 24.3. The lowest BCUT2D eigenvalue weighted by atomic mass is 10.0. The van der Waals surface area contributed by atoms with Gasteiger partial charge in [0.1, 0.15) is 12.2 Å². The summed E-state index contributed by atoms with van der Waals surface area (Å²) in [6.45, 7) is 5.91. The maximum absolute atomic E-state index is 6.45. The average Bonchev–Trinajstić information content (AvgIpc) is 2.88. The molecule has 35 heavy (non-hydrogen) atoms. The highest BCUT2D eigenvalue weighted by molar-refractivity contribution is 5.15. The van der Waals surface area contributed by atoms with Crippen LogP contribution in [0.15, 0.2) is 91.0 Å². The predicted octanol–water partition coefficient (Wildman–Crippen LogP) is 5.91. The number of hydrogen-bond acceptors (Lipinski definition) is 5. The van der Waals surface area contributed by atoms with E-state index in [4.69, 9.17) is 23.7 Å². The minimum atomic E-state index is -0.377. The highest BCUT2D eigenvalue weighted by atomic mass is 16.7. The Labute approximate surface area is 208 Å². The molecule has 1 aliphatic rings. The minimum Gasteiger partial charge on any atom is -0.374 e. The molecule has 0 unspecified atom stereocenters. The maximum atomic E-state index is 6.45. The van der Waals surface area contributed by atoms with E-state index in [9.17, 15) is 0 Å². The van der Waals surface area contributed by atoms with E-state index in [1.807, 2.05) is 68.4 Å². The van der Waals surface area contributed by atoms with E-state index in [-0.39, 0.29) is 30.7 Å². The van der Waals surface area contributed by atoms with Crippen molar-refractivity contribution in [2.45, 2.75) is 70.8 Å². The Bertz CT molecular complexity index is 964. The van der Waals surface area contributed by atoms with Gasteiger partial charge in [-0.05, 0) is 30.5 Å². The summed E-state index contributed by atoms with van der Waals surface area (Å²) in [7, 11) is 0. The minimum absolute atomic E-state index is 0.0439. The van der Waals surface area contributed by atoms with Crippen molar-refractivity contribution in [3.63, 3.8) is 0 Å². The molecule has 4 atom stereocenters. The number of benzene rings is 3. The van der Waals surface area contributed by atoms with Crippen molar-refractivity contribution in [2.75, 3.05) is 6.61 Å². The fourth-order valence-electron chi connectivity index (χ4n) is 4.21. The molecule has 0 bridgehead atoms. The van der Waals surface area contributed by atoms with Gasteiger partial charge in [-0.1, -0.05) is 91.0 Å². The molecule has 1 aliphatic heterocycles. The Morgan fingerprint density at radius 1 is 0.714 bits per heavy atom. The van der Waals surface area contributed by atoms with Crippen molar-refractivity contribution in [3.8, 4) is 0 Å². The largest absolute Gasteiger partial charge is 0.374 e. The average molecular weight is 477 g/mol. The van der Waals surface area contributed by atoms with Crippen LogP contribution < -0.4 is 0 Å². The van der Waals surface area contributed by atoms with Crippen molar-refractivity contribution in [1.29, 1.82) is 0 Å². The Morgan fingerprint density at radius 3 is 1.77 bits per heavy atom. The Hall–Kier alpha value is -2.54. The molecule has 0 saturated carbocycles. The summed E-state index contributed by atoms with van der Waals surface area (Å²) in [5.41, 5.74) is 3.36. The molecule has 5 nitrogen and oxygen atoms in total. The second-order valence-electron chi connectivity index (χ2n) is 9.12. The molecule has 0 amide bonds. The smallest absolute Gasteiger partial charge is 0.161 e. The van der Waals surface area contributed by atoms with Gasteiger partial charge in [-0.15, -0.1) is 0 Å². The number of rotatable bonds is 12. The molecule has 0 radical (unpaired) electrons. The lowest BCUT2D eigenvalue weighted by Gasteiger charge is -2.41. The van der Waals surface area contributed by atoms with Crippen LogP contribution in [-0.2, 0) is 43.5 Å². The van der Waals surface area contributed by atoms with E-state index in [0.29, 0.717) is 32.8 Å². The molecule has 0 aliphatic carbocycles. The van der Waals surface area contributed by atoms with Crippen LogP contribution in [0, 0.1) is 0 Å². The first kappa shape index (κ1) is 25.5. The van der Waals surface area contributed by atoms with Crippen LogP contribution in [0.25, 0.3) is 0 Å². The second-order valence-corrected chi connectivity index (χ2v) is 9.12. The van der Waals surface area contributed by atoms with Crippen LogP contribution in [0.3, 0.4) is 0 Å². The predicted molar refractivity (Wildman–Crippen MR) is 136 cm³/mol. The van der Waals surface area contributed by atoms with Gasteiger partial charge in [-0.3, -0.25) is 0 Å². The normalized spacial score (nSPS) is 22.4. The fraction of sp³-hybridized carbons (Fsp3) is 0.400. The lowest BCUT2D eigenvalue weighted by molar-refractivity contribution is -0.285.